The minimum absolute atomic E-state index is 0.0276. The topological polar surface area (TPSA) is 49.4 Å². The first-order chi connectivity index (χ1) is 11.6. The van der Waals surface area contributed by atoms with Gasteiger partial charge in [0.05, 0.1) is 17.3 Å². The van der Waals surface area contributed by atoms with Crippen molar-refractivity contribution in [3.05, 3.63) is 53.0 Å². The van der Waals surface area contributed by atoms with Crippen molar-refractivity contribution in [1.82, 2.24) is 0 Å². The van der Waals surface area contributed by atoms with Crippen molar-refractivity contribution in [3.8, 4) is 0 Å². The Balaban J connectivity index is 1.74. The Morgan fingerprint density at radius 3 is 2.67 bits per heavy atom. The molecule has 0 radical (unpaired) electrons. The van der Waals surface area contributed by atoms with Gasteiger partial charge in [-0.1, -0.05) is 24.3 Å². The van der Waals surface area contributed by atoms with Crippen LogP contribution in [0.2, 0.25) is 0 Å². The number of anilines is 2. The average molecular weight is 405 g/mol. The summed E-state index contributed by atoms with van der Waals surface area (Å²) in [5.41, 5.74) is 1.60. The Morgan fingerprint density at radius 2 is 1.92 bits per heavy atom. The predicted octanol–water partition coefficient (Wildman–Crippen LogP) is 4.16. The van der Waals surface area contributed by atoms with Crippen molar-refractivity contribution in [2.75, 3.05) is 23.0 Å². The number of para-hydroxylation sites is 2. The van der Waals surface area contributed by atoms with Crippen molar-refractivity contribution >= 4 is 50.9 Å². The van der Waals surface area contributed by atoms with Gasteiger partial charge in [0.25, 0.3) is 0 Å². The van der Waals surface area contributed by atoms with Gasteiger partial charge in [-0.25, -0.2) is 0 Å². The molecule has 0 aromatic heterocycles. The molecule has 0 bridgehead atoms. The molecule has 124 valence electrons. The van der Waals surface area contributed by atoms with Crippen molar-refractivity contribution in [2.24, 2.45) is 5.92 Å². The molecule has 0 saturated carbocycles. The zero-order valence-corrected chi connectivity index (χ0v) is 15.6. The van der Waals surface area contributed by atoms with Gasteiger partial charge in [-0.15, -0.1) is 11.8 Å². The second kappa shape index (κ2) is 7.40. The molecule has 2 amide bonds. The van der Waals surface area contributed by atoms with Gasteiger partial charge in [-0.05, 0) is 46.5 Å². The first kappa shape index (κ1) is 17.0. The molecule has 2 aromatic carbocycles. The molecule has 0 spiro atoms. The molecular weight excluding hydrogens is 388 g/mol. The van der Waals surface area contributed by atoms with Gasteiger partial charge in [0.15, 0.2) is 0 Å². The third-order valence-electron chi connectivity index (χ3n) is 4.00. The van der Waals surface area contributed by atoms with Crippen LogP contribution in [0.15, 0.2) is 57.9 Å². The highest BCUT2D eigenvalue weighted by Gasteiger charge is 2.35. The first-order valence-corrected chi connectivity index (χ1v) is 9.60. The fourth-order valence-electron chi connectivity index (χ4n) is 2.77. The van der Waals surface area contributed by atoms with Crippen LogP contribution in [-0.4, -0.2) is 24.6 Å². The monoisotopic (exact) mass is 404 g/mol. The smallest absolute Gasteiger partial charge is 0.229 e. The Morgan fingerprint density at radius 1 is 1.21 bits per heavy atom. The summed E-state index contributed by atoms with van der Waals surface area (Å²) in [5.74, 6) is -0.487. The molecule has 1 saturated heterocycles. The summed E-state index contributed by atoms with van der Waals surface area (Å²) in [6, 6.07) is 15.2. The molecule has 24 heavy (non-hydrogen) atoms. The molecule has 0 unspecified atom stereocenters. The van der Waals surface area contributed by atoms with E-state index in [0.29, 0.717) is 6.54 Å². The number of halogens is 1. The predicted molar refractivity (Wildman–Crippen MR) is 101 cm³/mol. The summed E-state index contributed by atoms with van der Waals surface area (Å²) in [6.07, 6.45) is 2.20. The van der Waals surface area contributed by atoms with E-state index in [4.69, 9.17) is 0 Å². The van der Waals surface area contributed by atoms with Crippen LogP contribution in [-0.2, 0) is 9.59 Å². The molecule has 1 N–H and O–H groups in total. The highest BCUT2D eigenvalue weighted by atomic mass is 79.9. The van der Waals surface area contributed by atoms with Crippen molar-refractivity contribution < 1.29 is 9.59 Å². The second-order valence-electron chi connectivity index (χ2n) is 5.55. The van der Waals surface area contributed by atoms with Crippen molar-refractivity contribution in [1.29, 1.82) is 0 Å². The standard InChI is InChI=1S/C18H17BrN2O2S/c1-24-16-9-5-3-7-14(16)20-18(23)12-10-17(22)21(11-12)15-8-4-2-6-13(15)19/h2-9,12H,10-11H2,1H3,(H,20,23)/t12-/m0/s1. The maximum absolute atomic E-state index is 12.6. The van der Waals surface area contributed by atoms with Gasteiger partial charge < -0.3 is 10.2 Å². The number of carbonyl (C=O) groups excluding carboxylic acids is 2. The maximum atomic E-state index is 12.6. The number of thioether (sulfide) groups is 1. The van der Waals surface area contributed by atoms with Gasteiger partial charge in [0.2, 0.25) is 11.8 Å². The first-order valence-electron chi connectivity index (χ1n) is 7.59. The second-order valence-corrected chi connectivity index (χ2v) is 7.25. The lowest BCUT2D eigenvalue weighted by Crippen LogP contribution is -2.28. The number of amides is 2. The van der Waals surface area contributed by atoms with Gasteiger partial charge in [0, 0.05) is 22.3 Å². The van der Waals surface area contributed by atoms with E-state index < -0.39 is 0 Å². The normalized spacial score (nSPS) is 17.2. The number of rotatable bonds is 4. The Bertz CT molecular complexity index is 781. The lowest BCUT2D eigenvalue weighted by molar-refractivity contribution is -0.122. The van der Waals surface area contributed by atoms with Gasteiger partial charge in [-0.2, -0.15) is 0 Å². The minimum Gasteiger partial charge on any atom is -0.325 e. The van der Waals surface area contributed by atoms with E-state index in [0.717, 1.165) is 20.7 Å². The lowest BCUT2D eigenvalue weighted by Gasteiger charge is -2.18. The Labute approximate surface area is 153 Å². The number of carbonyl (C=O) groups is 2. The number of hydrogen-bond donors (Lipinski definition) is 1. The number of hydrogen-bond acceptors (Lipinski definition) is 3. The third-order valence-corrected chi connectivity index (χ3v) is 5.47. The molecule has 3 rings (SSSR count). The molecule has 0 aliphatic carbocycles. The largest absolute Gasteiger partial charge is 0.325 e. The maximum Gasteiger partial charge on any atom is 0.229 e. The van der Waals surface area contributed by atoms with Crippen LogP contribution in [0, 0.1) is 5.92 Å². The fraction of sp³-hybridized carbons (Fsp3) is 0.222. The number of nitrogens with zero attached hydrogens (tertiary/aromatic N) is 1. The summed E-state index contributed by atoms with van der Waals surface area (Å²) in [5, 5.41) is 2.96. The molecule has 6 heteroatoms. The summed E-state index contributed by atoms with van der Waals surface area (Å²) >= 11 is 5.05. The van der Waals surface area contributed by atoms with Crippen LogP contribution in [0.5, 0.6) is 0 Å². The average Bonchev–Trinajstić information content (AvgIpc) is 2.97. The Kier molecular flexibility index (Phi) is 5.26. The van der Waals surface area contributed by atoms with Gasteiger partial charge in [-0.3, -0.25) is 9.59 Å². The van der Waals surface area contributed by atoms with E-state index in [1.54, 1.807) is 16.7 Å². The van der Waals surface area contributed by atoms with E-state index in [9.17, 15) is 9.59 Å². The molecule has 1 atom stereocenters. The molecular formula is C18H17BrN2O2S. The van der Waals surface area contributed by atoms with Crippen molar-refractivity contribution in [2.45, 2.75) is 11.3 Å². The molecule has 2 aromatic rings. The number of benzene rings is 2. The highest BCUT2D eigenvalue weighted by Crippen LogP contribution is 2.32. The van der Waals surface area contributed by atoms with E-state index in [-0.39, 0.29) is 24.2 Å². The van der Waals surface area contributed by atoms with E-state index in [2.05, 4.69) is 21.2 Å². The zero-order valence-electron chi connectivity index (χ0n) is 13.2. The molecule has 4 nitrogen and oxygen atoms in total. The van der Waals surface area contributed by atoms with Crippen LogP contribution in [0.1, 0.15) is 6.42 Å². The van der Waals surface area contributed by atoms with E-state index >= 15 is 0 Å². The zero-order chi connectivity index (χ0) is 17.1. The lowest BCUT2D eigenvalue weighted by atomic mass is 10.1. The molecule has 1 aliphatic heterocycles. The van der Waals surface area contributed by atoms with Gasteiger partial charge in [0.1, 0.15) is 0 Å². The Hall–Kier alpha value is -1.79. The summed E-state index contributed by atoms with van der Waals surface area (Å²) < 4.78 is 0.854. The van der Waals surface area contributed by atoms with Gasteiger partial charge >= 0.3 is 0 Å². The molecule has 1 aliphatic rings. The number of nitrogens with one attached hydrogen (secondary N) is 1. The third kappa shape index (κ3) is 3.49. The summed E-state index contributed by atoms with van der Waals surface area (Å²) in [7, 11) is 0. The summed E-state index contributed by atoms with van der Waals surface area (Å²) in [4.78, 5) is 27.6. The summed E-state index contributed by atoms with van der Waals surface area (Å²) in [6.45, 7) is 0.398. The molecule has 1 heterocycles. The van der Waals surface area contributed by atoms with Crippen LogP contribution in [0.4, 0.5) is 11.4 Å². The molecule has 1 fully saturated rings. The highest BCUT2D eigenvalue weighted by molar-refractivity contribution is 9.10. The van der Waals surface area contributed by atoms with Crippen LogP contribution in [0.3, 0.4) is 0 Å². The van der Waals surface area contributed by atoms with Crippen LogP contribution < -0.4 is 10.2 Å². The quantitative estimate of drug-likeness (QED) is 0.778. The van der Waals surface area contributed by atoms with Crippen LogP contribution in [0.25, 0.3) is 0 Å². The fourth-order valence-corrected chi connectivity index (χ4v) is 3.82. The van der Waals surface area contributed by atoms with Crippen LogP contribution >= 0.6 is 27.7 Å². The minimum atomic E-state index is -0.348. The van der Waals surface area contributed by atoms with E-state index in [1.807, 2.05) is 54.8 Å². The van der Waals surface area contributed by atoms with E-state index in [1.165, 1.54) is 0 Å². The van der Waals surface area contributed by atoms with Crippen molar-refractivity contribution in [3.63, 3.8) is 0 Å². The SMILES string of the molecule is CSc1ccccc1NC(=O)[C@H]1CC(=O)N(c2ccccc2Br)C1.